The number of para-hydroxylation sites is 2. The second-order valence-electron chi connectivity index (χ2n) is 14.3. The number of nitrogens with zero attached hydrogens (tertiary/aromatic N) is 2. The molecular weight excluding hydrogens is 743 g/mol. The zero-order valence-electron chi connectivity index (χ0n) is 33.3. The minimum atomic E-state index is -1.05. The molecule has 0 saturated carbocycles. The van der Waals surface area contributed by atoms with Crippen molar-refractivity contribution in [1.82, 2.24) is 0 Å². The lowest BCUT2D eigenvalue weighted by molar-refractivity contribution is 1.37. The van der Waals surface area contributed by atoms with Gasteiger partial charge in [-0.15, -0.1) is 0 Å². The van der Waals surface area contributed by atoms with Crippen LogP contribution in [0.4, 0.5) is 22.7 Å². The molecule has 8 rings (SSSR count). The topological polar surface area (TPSA) is 48.8 Å². The third-order valence-electron chi connectivity index (χ3n) is 10.2. The van der Waals surface area contributed by atoms with E-state index in [9.17, 15) is 0 Å². The highest BCUT2D eigenvalue weighted by Crippen LogP contribution is 2.43. The second kappa shape index (κ2) is 18.0. The molecule has 0 fully saturated rings. The van der Waals surface area contributed by atoms with E-state index in [1.165, 1.54) is 43.5 Å². The van der Waals surface area contributed by atoms with Crippen LogP contribution in [0.3, 0.4) is 0 Å². The highest BCUT2D eigenvalue weighted by atomic mass is 31.1. The van der Waals surface area contributed by atoms with Gasteiger partial charge in [-0.1, -0.05) is 182 Å². The van der Waals surface area contributed by atoms with Crippen LogP contribution in [0, 0.1) is 27.7 Å². The van der Waals surface area contributed by atoms with Crippen LogP contribution in [0.1, 0.15) is 22.3 Å². The van der Waals surface area contributed by atoms with Gasteiger partial charge in [-0.05, 0) is 83.3 Å². The molecule has 0 heterocycles. The summed E-state index contributed by atoms with van der Waals surface area (Å²) in [6.45, 7) is 8.64. The molecule has 0 bridgehead atoms. The molecule has 0 atom stereocenters. The zero-order chi connectivity index (χ0) is 39.8. The van der Waals surface area contributed by atoms with Crippen LogP contribution < -0.4 is 31.9 Å². The van der Waals surface area contributed by atoms with E-state index < -0.39 is 15.8 Å². The SMILES string of the molecule is Cc1cccc(C)c1N/C(=N\c1ccc(/N=C(\Nc2c(C)cccc2C)P(c2ccccc2)c2ccccc2)c2ccccc12)P(c1ccccc1)c1ccccc1. The first-order valence-corrected chi connectivity index (χ1v) is 22.3. The number of aryl methyl sites for hydroxylation is 4. The van der Waals surface area contributed by atoms with Gasteiger partial charge in [0.2, 0.25) is 0 Å². The van der Waals surface area contributed by atoms with Gasteiger partial charge in [0.05, 0.1) is 11.4 Å². The molecule has 58 heavy (non-hydrogen) atoms. The minimum Gasteiger partial charge on any atom is -0.339 e. The molecule has 2 N–H and O–H groups in total. The fraction of sp³-hybridized carbons (Fsp3) is 0.0769. The number of hydrogen-bond acceptors (Lipinski definition) is 2. The van der Waals surface area contributed by atoms with E-state index in [0.717, 1.165) is 44.7 Å². The van der Waals surface area contributed by atoms with Gasteiger partial charge >= 0.3 is 0 Å². The number of benzene rings is 8. The highest BCUT2D eigenvalue weighted by molar-refractivity contribution is 7.88. The Morgan fingerprint density at radius 1 is 0.328 bits per heavy atom. The van der Waals surface area contributed by atoms with Gasteiger partial charge in [0.1, 0.15) is 11.2 Å². The smallest absolute Gasteiger partial charge is 0.139 e. The van der Waals surface area contributed by atoms with Crippen molar-refractivity contribution >= 4 is 81.7 Å². The molecule has 0 saturated heterocycles. The molecule has 4 nitrogen and oxygen atoms in total. The monoisotopic (exact) mass is 788 g/mol. The van der Waals surface area contributed by atoms with Crippen LogP contribution in [-0.2, 0) is 0 Å². The van der Waals surface area contributed by atoms with Gasteiger partial charge < -0.3 is 10.6 Å². The van der Waals surface area contributed by atoms with Gasteiger partial charge in [0.25, 0.3) is 0 Å². The number of amidine groups is 2. The summed E-state index contributed by atoms with van der Waals surface area (Å²) in [6, 6.07) is 68.7. The lowest BCUT2D eigenvalue weighted by Gasteiger charge is -2.24. The van der Waals surface area contributed by atoms with Crippen molar-refractivity contribution in [1.29, 1.82) is 0 Å². The minimum absolute atomic E-state index is 0.889. The number of aliphatic imine (C=N–C) groups is 2. The van der Waals surface area contributed by atoms with E-state index in [2.05, 4.69) is 232 Å². The summed E-state index contributed by atoms with van der Waals surface area (Å²) in [6.07, 6.45) is 0. The van der Waals surface area contributed by atoms with Gasteiger partial charge in [-0.3, -0.25) is 0 Å². The Hall–Kier alpha value is -6.18. The standard InChI is InChI=1S/C52H46N4P2/c1-37-21-19-22-38(2)49(37)55-51(57(41-25-9-5-10-26-41)42-27-11-6-12-28-42)53-47-35-36-48(46-34-18-17-33-45(46)47)54-52(56-50-39(3)23-20-24-40(50)4)58(43-29-13-7-14-30-43)44-31-15-8-16-32-44/h5-36H,1-4H3,(H,53,55)(H,54,56). The third-order valence-corrected chi connectivity index (χ3v) is 14.8. The molecule has 0 spiro atoms. The second-order valence-corrected chi connectivity index (χ2v) is 18.6. The Morgan fingerprint density at radius 2 is 0.603 bits per heavy atom. The molecule has 0 amide bonds. The zero-order valence-corrected chi connectivity index (χ0v) is 35.1. The molecule has 6 heteroatoms. The number of anilines is 2. The largest absolute Gasteiger partial charge is 0.339 e. The van der Waals surface area contributed by atoms with Crippen molar-refractivity contribution in [2.45, 2.75) is 27.7 Å². The number of hydrogen-bond donors (Lipinski definition) is 2. The molecular formula is C52H46N4P2. The quantitative estimate of drug-likeness (QED) is 0.0824. The Morgan fingerprint density at radius 3 is 0.897 bits per heavy atom. The Labute approximate surface area is 345 Å². The summed E-state index contributed by atoms with van der Waals surface area (Å²) in [5.41, 5.74) is 10.5. The summed E-state index contributed by atoms with van der Waals surface area (Å²) >= 11 is 0. The summed E-state index contributed by atoms with van der Waals surface area (Å²) in [4.78, 5) is 11.3. The number of fused-ring (bicyclic) bond motifs is 1. The third kappa shape index (κ3) is 8.55. The van der Waals surface area contributed by atoms with Crippen LogP contribution in [0.2, 0.25) is 0 Å². The molecule has 0 aromatic heterocycles. The maximum atomic E-state index is 5.63. The van der Waals surface area contributed by atoms with Crippen molar-refractivity contribution < 1.29 is 0 Å². The Balaban J connectivity index is 1.34. The number of rotatable bonds is 10. The van der Waals surface area contributed by atoms with Crippen LogP contribution in [0.5, 0.6) is 0 Å². The van der Waals surface area contributed by atoms with E-state index in [1.54, 1.807) is 0 Å². The Bertz CT molecular complexity index is 2410. The number of nitrogens with one attached hydrogen (secondary N) is 2. The lowest BCUT2D eigenvalue weighted by Crippen LogP contribution is -2.24. The van der Waals surface area contributed by atoms with Crippen LogP contribution >= 0.6 is 15.8 Å². The average Bonchev–Trinajstić information content (AvgIpc) is 3.26. The molecule has 0 aliphatic carbocycles. The molecule has 8 aromatic rings. The molecule has 8 aromatic carbocycles. The van der Waals surface area contributed by atoms with Crippen LogP contribution in [-0.4, -0.2) is 11.2 Å². The summed E-state index contributed by atoms with van der Waals surface area (Å²) in [5.74, 6) is 0. The first-order valence-electron chi connectivity index (χ1n) is 19.6. The molecule has 0 aliphatic rings. The highest BCUT2D eigenvalue weighted by Gasteiger charge is 2.25. The van der Waals surface area contributed by atoms with E-state index in [1.807, 2.05) is 0 Å². The van der Waals surface area contributed by atoms with Crippen molar-refractivity contribution in [3.8, 4) is 0 Å². The fourth-order valence-corrected chi connectivity index (χ4v) is 11.6. The summed E-state index contributed by atoms with van der Waals surface area (Å²) < 4.78 is 0. The van der Waals surface area contributed by atoms with Crippen molar-refractivity contribution in [2.24, 2.45) is 9.98 Å². The van der Waals surface area contributed by atoms with E-state index in [0.29, 0.717) is 0 Å². The molecule has 0 aliphatic heterocycles. The van der Waals surface area contributed by atoms with Crippen LogP contribution in [0.15, 0.2) is 204 Å². The van der Waals surface area contributed by atoms with Gasteiger partial charge in [0.15, 0.2) is 0 Å². The average molecular weight is 789 g/mol. The Kier molecular flexibility index (Phi) is 12.0. The van der Waals surface area contributed by atoms with Crippen molar-refractivity contribution in [2.75, 3.05) is 10.6 Å². The van der Waals surface area contributed by atoms with Crippen molar-refractivity contribution in [3.63, 3.8) is 0 Å². The van der Waals surface area contributed by atoms with Gasteiger partial charge in [0, 0.05) is 38.0 Å². The predicted octanol–water partition coefficient (Wildman–Crippen LogP) is 12.5. The van der Waals surface area contributed by atoms with E-state index in [-0.39, 0.29) is 0 Å². The summed E-state index contributed by atoms with van der Waals surface area (Å²) in [5, 5.41) is 14.8. The first-order chi connectivity index (χ1) is 28.4. The molecule has 284 valence electrons. The maximum absolute atomic E-state index is 5.63. The van der Waals surface area contributed by atoms with Gasteiger partial charge in [-0.25, -0.2) is 9.98 Å². The summed E-state index contributed by atoms with van der Waals surface area (Å²) in [7, 11) is -2.11. The lowest BCUT2D eigenvalue weighted by atomic mass is 10.1. The maximum Gasteiger partial charge on any atom is 0.139 e. The van der Waals surface area contributed by atoms with Crippen molar-refractivity contribution in [3.05, 3.63) is 216 Å². The predicted molar refractivity (Wildman–Crippen MR) is 255 cm³/mol. The molecule has 0 unspecified atom stereocenters. The van der Waals surface area contributed by atoms with E-state index >= 15 is 0 Å². The van der Waals surface area contributed by atoms with E-state index in [4.69, 9.17) is 9.98 Å². The fourth-order valence-electron chi connectivity index (χ4n) is 7.30. The normalized spacial score (nSPS) is 12.0. The first kappa shape index (κ1) is 38.7. The van der Waals surface area contributed by atoms with Gasteiger partial charge in [-0.2, -0.15) is 0 Å². The van der Waals surface area contributed by atoms with Crippen LogP contribution in [0.25, 0.3) is 10.8 Å². The molecule has 0 radical (unpaired) electrons.